The van der Waals surface area contributed by atoms with Crippen molar-refractivity contribution < 1.29 is 14.7 Å². The molecular weight excluding hydrogens is 244 g/mol. The first-order valence-corrected chi connectivity index (χ1v) is 6.57. The van der Waals surface area contributed by atoms with Gasteiger partial charge in [0.2, 0.25) is 0 Å². The summed E-state index contributed by atoms with van der Waals surface area (Å²) in [4.78, 5) is 24.6. The number of nitrogens with one attached hydrogen (secondary N) is 1. The molecule has 5 nitrogen and oxygen atoms in total. The molecule has 2 amide bonds. The molecule has 110 valence electrons. The minimum Gasteiger partial charge on any atom is -0.481 e. The highest BCUT2D eigenvalue weighted by Gasteiger charge is 2.25. The zero-order valence-electron chi connectivity index (χ0n) is 12.4. The molecule has 0 aliphatic heterocycles. The van der Waals surface area contributed by atoms with Gasteiger partial charge in [0.1, 0.15) is 0 Å². The van der Waals surface area contributed by atoms with Crippen molar-refractivity contribution in [2.24, 2.45) is 11.3 Å². The van der Waals surface area contributed by atoms with E-state index in [-0.39, 0.29) is 18.0 Å². The fraction of sp³-hybridized carbons (Fsp3) is 0.714. The summed E-state index contributed by atoms with van der Waals surface area (Å²) in [6, 6.07) is -0.248. The van der Waals surface area contributed by atoms with Crippen molar-refractivity contribution in [3.05, 3.63) is 12.7 Å². The fourth-order valence-corrected chi connectivity index (χ4v) is 1.82. The number of carbonyl (C=O) groups is 2. The third-order valence-electron chi connectivity index (χ3n) is 2.73. The summed E-state index contributed by atoms with van der Waals surface area (Å²) in [7, 11) is 0. The minimum atomic E-state index is -0.873. The second-order valence-corrected chi connectivity index (χ2v) is 5.81. The van der Waals surface area contributed by atoms with Gasteiger partial charge in [-0.3, -0.25) is 4.79 Å². The van der Waals surface area contributed by atoms with E-state index < -0.39 is 11.9 Å². The Morgan fingerprint density at radius 3 is 2.37 bits per heavy atom. The van der Waals surface area contributed by atoms with Gasteiger partial charge in [-0.05, 0) is 18.8 Å². The van der Waals surface area contributed by atoms with Crippen LogP contribution in [0.2, 0.25) is 0 Å². The molecule has 1 atom stereocenters. The Balaban J connectivity index is 4.43. The van der Waals surface area contributed by atoms with Crippen LogP contribution in [0, 0.1) is 11.3 Å². The maximum absolute atomic E-state index is 11.8. The van der Waals surface area contributed by atoms with E-state index >= 15 is 0 Å². The van der Waals surface area contributed by atoms with Gasteiger partial charge in [0, 0.05) is 19.6 Å². The third-order valence-corrected chi connectivity index (χ3v) is 2.73. The maximum atomic E-state index is 11.8. The summed E-state index contributed by atoms with van der Waals surface area (Å²) in [6.07, 6.45) is 2.17. The van der Waals surface area contributed by atoms with E-state index in [1.54, 1.807) is 11.0 Å². The zero-order chi connectivity index (χ0) is 15.1. The number of hydrogen-bond acceptors (Lipinski definition) is 2. The molecule has 2 N–H and O–H groups in total. The Kier molecular flexibility index (Phi) is 7.19. The average molecular weight is 270 g/mol. The summed E-state index contributed by atoms with van der Waals surface area (Å²) in [5.74, 6) is -1.44. The van der Waals surface area contributed by atoms with E-state index in [4.69, 9.17) is 5.11 Å². The lowest BCUT2D eigenvalue weighted by Gasteiger charge is -2.25. The van der Waals surface area contributed by atoms with Gasteiger partial charge in [0.15, 0.2) is 0 Å². The van der Waals surface area contributed by atoms with E-state index in [0.717, 1.165) is 0 Å². The van der Waals surface area contributed by atoms with Crippen LogP contribution < -0.4 is 5.32 Å². The average Bonchev–Trinajstić information content (AvgIpc) is 2.29. The number of rotatable bonds is 7. The Hall–Kier alpha value is -1.52. The van der Waals surface area contributed by atoms with Crippen LogP contribution in [0.25, 0.3) is 0 Å². The van der Waals surface area contributed by atoms with E-state index in [0.29, 0.717) is 19.5 Å². The number of carbonyl (C=O) groups excluding carboxylic acids is 1. The van der Waals surface area contributed by atoms with Crippen LogP contribution in [0.4, 0.5) is 4.79 Å². The van der Waals surface area contributed by atoms with Crippen LogP contribution in [-0.4, -0.2) is 41.6 Å². The van der Waals surface area contributed by atoms with E-state index in [9.17, 15) is 9.59 Å². The first-order valence-electron chi connectivity index (χ1n) is 6.57. The second-order valence-electron chi connectivity index (χ2n) is 5.81. The molecule has 5 heteroatoms. The third kappa shape index (κ3) is 7.49. The molecule has 0 aliphatic carbocycles. The standard InChI is InChI=1S/C14H26N2O3/c1-6-8-16(7-2)13(19)15-10-11(12(17)18)9-14(3,4)5/h6,11H,1,7-10H2,2-5H3,(H,15,19)(H,17,18). The lowest BCUT2D eigenvalue weighted by atomic mass is 9.84. The Bertz CT molecular complexity index is 321. The zero-order valence-corrected chi connectivity index (χ0v) is 12.4. The summed E-state index contributed by atoms with van der Waals surface area (Å²) >= 11 is 0. The predicted molar refractivity (Wildman–Crippen MR) is 76.0 cm³/mol. The van der Waals surface area contributed by atoms with Gasteiger partial charge >= 0.3 is 12.0 Å². The number of aliphatic carboxylic acids is 1. The molecule has 19 heavy (non-hydrogen) atoms. The number of carboxylic acid groups (broad SMARTS) is 1. The molecule has 0 fully saturated rings. The lowest BCUT2D eigenvalue weighted by molar-refractivity contribution is -0.142. The Morgan fingerprint density at radius 1 is 1.42 bits per heavy atom. The molecule has 0 radical (unpaired) electrons. The van der Waals surface area contributed by atoms with Crippen molar-refractivity contribution in [1.82, 2.24) is 10.2 Å². The summed E-state index contributed by atoms with van der Waals surface area (Å²) in [6.45, 7) is 12.6. The lowest BCUT2D eigenvalue weighted by Crippen LogP contribution is -2.43. The number of nitrogens with zero attached hydrogens (tertiary/aromatic N) is 1. The SMILES string of the molecule is C=CCN(CC)C(=O)NCC(CC(C)(C)C)C(=O)O. The van der Waals surface area contributed by atoms with Crippen molar-refractivity contribution in [2.75, 3.05) is 19.6 Å². The highest BCUT2D eigenvalue weighted by atomic mass is 16.4. The van der Waals surface area contributed by atoms with Gasteiger partial charge in [0.25, 0.3) is 0 Å². The molecule has 0 aromatic rings. The maximum Gasteiger partial charge on any atom is 0.317 e. The number of likely N-dealkylation sites (N-methyl/N-ethyl adjacent to an activating group) is 1. The molecule has 0 rings (SSSR count). The first kappa shape index (κ1) is 17.5. The van der Waals surface area contributed by atoms with Crippen LogP contribution >= 0.6 is 0 Å². The number of urea groups is 1. The number of hydrogen-bond donors (Lipinski definition) is 2. The first-order chi connectivity index (χ1) is 8.71. The van der Waals surface area contributed by atoms with Crippen molar-refractivity contribution in [1.29, 1.82) is 0 Å². The normalized spacial score (nSPS) is 12.6. The van der Waals surface area contributed by atoms with Crippen molar-refractivity contribution in [2.45, 2.75) is 34.1 Å². The van der Waals surface area contributed by atoms with Gasteiger partial charge in [-0.2, -0.15) is 0 Å². The summed E-state index contributed by atoms with van der Waals surface area (Å²) in [5, 5.41) is 11.8. The molecule has 0 heterocycles. The number of amides is 2. The van der Waals surface area contributed by atoms with E-state index in [1.807, 2.05) is 27.7 Å². The van der Waals surface area contributed by atoms with E-state index in [2.05, 4.69) is 11.9 Å². The smallest absolute Gasteiger partial charge is 0.317 e. The van der Waals surface area contributed by atoms with Gasteiger partial charge in [-0.25, -0.2) is 4.79 Å². The van der Waals surface area contributed by atoms with E-state index in [1.165, 1.54) is 0 Å². The molecule has 1 unspecified atom stereocenters. The molecule has 0 aromatic carbocycles. The van der Waals surface area contributed by atoms with Crippen LogP contribution in [0.3, 0.4) is 0 Å². The molecule has 0 aliphatic rings. The van der Waals surface area contributed by atoms with Crippen LogP contribution in [0.15, 0.2) is 12.7 Å². The van der Waals surface area contributed by atoms with Crippen molar-refractivity contribution >= 4 is 12.0 Å². The molecule has 0 aromatic heterocycles. The molecular formula is C14H26N2O3. The van der Waals surface area contributed by atoms with Crippen LogP contribution in [-0.2, 0) is 4.79 Å². The minimum absolute atomic E-state index is 0.0840. The topological polar surface area (TPSA) is 69.6 Å². The largest absolute Gasteiger partial charge is 0.481 e. The summed E-state index contributed by atoms with van der Waals surface area (Å²) in [5.41, 5.74) is -0.0840. The van der Waals surface area contributed by atoms with Crippen molar-refractivity contribution in [3.63, 3.8) is 0 Å². The second kappa shape index (κ2) is 7.81. The fourth-order valence-electron chi connectivity index (χ4n) is 1.82. The van der Waals surface area contributed by atoms with Gasteiger partial charge < -0.3 is 15.3 Å². The predicted octanol–water partition coefficient (Wildman–Crippen LogP) is 2.34. The van der Waals surface area contributed by atoms with Gasteiger partial charge in [0.05, 0.1) is 5.92 Å². The van der Waals surface area contributed by atoms with Crippen LogP contribution in [0.1, 0.15) is 34.1 Å². The Labute approximate surface area is 115 Å². The van der Waals surface area contributed by atoms with Gasteiger partial charge in [-0.1, -0.05) is 26.8 Å². The number of carboxylic acids is 1. The molecule has 0 spiro atoms. The highest BCUT2D eigenvalue weighted by Crippen LogP contribution is 2.24. The Morgan fingerprint density at radius 2 is 2.00 bits per heavy atom. The monoisotopic (exact) mass is 270 g/mol. The molecule has 0 bridgehead atoms. The van der Waals surface area contributed by atoms with Gasteiger partial charge in [-0.15, -0.1) is 6.58 Å². The summed E-state index contributed by atoms with van der Waals surface area (Å²) < 4.78 is 0. The van der Waals surface area contributed by atoms with Crippen LogP contribution in [0.5, 0.6) is 0 Å². The molecule has 0 saturated heterocycles. The van der Waals surface area contributed by atoms with Crippen molar-refractivity contribution in [3.8, 4) is 0 Å². The highest BCUT2D eigenvalue weighted by molar-refractivity contribution is 5.76. The molecule has 0 saturated carbocycles. The quantitative estimate of drug-likeness (QED) is 0.698.